The molecule has 1 aromatic heterocycles. The molecular formula is C14H24N2O2. The SMILES string of the molecule is CCCCn1c(C)c(C)[n+](CCCC)c1C(=O)[O-]. The number of aromatic carboxylic acids is 1. The van der Waals surface area contributed by atoms with Crippen molar-refractivity contribution in [2.45, 2.75) is 66.5 Å². The minimum Gasteiger partial charge on any atom is -0.538 e. The van der Waals surface area contributed by atoms with Crippen molar-refractivity contribution in [3.05, 3.63) is 17.2 Å². The Balaban J connectivity index is 3.19. The summed E-state index contributed by atoms with van der Waals surface area (Å²) in [5.74, 6) is -0.745. The second-order valence-electron chi connectivity index (χ2n) is 4.79. The summed E-state index contributed by atoms with van der Waals surface area (Å²) in [7, 11) is 0. The molecule has 4 heteroatoms. The molecule has 0 unspecified atom stereocenters. The molecule has 0 radical (unpaired) electrons. The van der Waals surface area contributed by atoms with Gasteiger partial charge in [0.2, 0.25) is 0 Å². The molecule has 0 fully saturated rings. The van der Waals surface area contributed by atoms with Crippen LogP contribution < -0.4 is 9.67 Å². The molecule has 1 aromatic rings. The number of carbonyl (C=O) groups is 1. The van der Waals surface area contributed by atoms with Crippen LogP contribution in [0.4, 0.5) is 0 Å². The van der Waals surface area contributed by atoms with Gasteiger partial charge in [-0.1, -0.05) is 26.7 Å². The summed E-state index contributed by atoms with van der Waals surface area (Å²) in [6.07, 6.45) is 4.09. The summed E-state index contributed by atoms with van der Waals surface area (Å²) in [4.78, 5) is 11.4. The Morgan fingerprint density at radius 1 is 1.22 bits per heavy atom. The van der Waals surface area contributed by atoms with Crippen LogP contribution in [0, 0.1) is 13.8 Å². The van der Waals surface area contributed by atoms with E-state index in [9.17, 15) is 9.90 Å². The third-order valence-electron chi connectivity index (χ3n) is 3.50. The lowest BCUT2D eigenvalue weighted by Gasteiger charge is -2.06. The molecule has 0 N–H and O–H groups in total. The highest BCUT2D eigenvalue weighted by molar-refractivity contribution is 5.80. The third-order valence-corrected chi connectivity index (χ3v) is 3.50. The number of nitrogens with zero attached hydrogens (tertiary/aromatic N) is 2. The molecule has 0 aliphatic rings. The highest BCUT2D eigenvalue weighted by Gasteiger charge is 2.25. The fourth-order valence-corrected chi connectivity index (χ4v) is 2.25. The minimum atomic E-state index is -1.07. The van der Waals surface area contributed by atoms with E-state index in [1.165, 1.54) is 0 Å². The monoisotopic (exact) mass is 252 g/mol. The van der Waals surface area contributed by atoms with Gasteiger partial charge in [-0.2, -0.15) is 0 Å². The van der Waals surface area contributed by atoms with Crippen molar-refractivity contribution >= 4 is 5.97 Å². The molecule has 0 aromatic carbocycles. The van der Waals surface area contributed by atoms with Gasteiger partial charge in [-0.3, -0.25) is 0 Å². The molecule has 0 aliphatic carbocycles. The van der Waals surface area contributed by atoms with Crippen molar-refractivity contribution in [2.75, 3.05) is 0 Å². The molecule has 0 amide bonds. The molecule has 0 spiro atoms. The standard InChI is InChI=1S/C14H24N2O2/c1-5-7-9-15-11(3)12(4)16(10-8-6-2)13(15)14(17)18/h5-10H2,1-4H3. The van der Waals surface area contributed by atoms with Crippen LogP contribution in [0.5, 0.6) is 0 Å². The normalized spacial score (nSPS) is 10.9. The summed E-state index contributed by atoms with van der Waals surface area (Å²) in [6.45, 7) is 9.70. The van der Waals surface area contributed by atoms with E-state index >= 15 is 0 Å². The van der Waals surface area contributed by atoms with Crippen LogP contribution in [0.25, 0.3) is 0 Å². The number of rotatable bonds is 7. The number of unbranched alkanes of at least 4 members (excludes halogenated alkanes) is 2. The van der Waals surface area contributed by atoms with Gasteiger partial charge in [0.15, 0.2) is 5.97 Å². The Kier molecular flexibility index (Phi) is 5.38. The molecule has 0 saturated heterocycles. The zero-order valence-electron chi connectivity index (χ0n) is 12.0. The number of carboxylic acid groups (broad SMARTS) is 1. The van der Waals surface area contributed by atoms with E-state index in [4.69, 9.17) is 0 Å². The predicted molar refractivity (Wildman–Crippen MR) is 68.2 cm³/mol. The molecule has 0 aliphatic heterocycles. The Hall–Kier alpha value is -1.32. The molecule has 18 heavy (non-hydrogen) atoms. The maximum Gasteiger partial charge on any atom is 0.305 e. The largest absolute Gasteiger partial charge is 0.538 e. The summed E-state index contributed by atoms with van der Waals surface area (Å²) >= 11 is 0. The maximum atomic E-state index is 11.4. The van der Waals surface area contributed by atoms with E-state index in [1.807, 2.05) is 23.0 Å². The van der Waals surface area contributed by atoms with Crippen molar-refractivity contribution in [2.24, 2.45) is 0 Å². The minimum absolute atomic E-state index is 0.326. The number of aromatic nitrogens is 2. The van der Waals surface area contributed by atoms with Gasteiger partial charge in [-0.05, 0) is 12.8 Å². The second-order valence-corrected chi connectivity index (χ2v) is 4.79. The topological polar surface area (TPSA) is 48.9 Å². The first-order chi connectivity index (χ1) is 8.54. The van der Waals surface area contributed by atoms with Crippen molar-refractivity contribution in [3.8, 4) is 0 Å². The Bertz CT molecular complexity index is 390. The van der Waals surface area contributed by atoms with Gasteiger partial charge in [0.1, 0.15) is 11.4 Å². The lowest BCUT2D eigenvalue weighted by Crippen LogP contribution is -2.46. The molecule has 102 valence electrons. The lowest BCUT2D eigenvalue weighted by molar-refractivity contribution is -0.706. The van der Waals surface area contributed by atoms with Crippen LogP contribution >= 0.6 is 0 Å². The van der Waals surface area contributed by atoms with E-state index in [-0.39, 0.29) is 0 Å². The summed E-state index contributed by atoms with van der Waals surface area (Å²) in [5, 5.41) is 11.4. The molecule has 1 heterocycles. The van der Waals surface area contributed by atoms with Crippen LogP contribution in [0.3, 0.4) is 0 Å². The molecule has 1 rings (SSSR count). The van der Waals surface area contributed by atoms with Gasteiger partial charge in [0.25, 0.3) is 0 Å². The van der Waals surface area contributed by atoms with E-state index in [1.54, 1.807) is 0 Å². The summed E-state index contributed by atoms with van der Waals surface area (Å²) in [6, 6.07) is 0. The Morgan fingerprint density at radius 3 is 2.33 bits per heavy atom. The zero-order chi connectivity index (χ0) is 13.7. The van der Waals surface area contributed by atoms with Gasteiger partial charge in [0.05, 0.1) is 13.1 Å². The Morgan fingerprint density at radius 2 is 1.83 bits per heavy atom. The summed E-state index contributed by atoms with van der Waals surface area (Å²) < 4.78 is 3.79. The first kappa shape index (κ1) is 14.7. The fraction of sp³-hybridized carbons (Fsp3) is 0.714. The van der Waals surface area contributed by atoms with E-state index in [0.29, 0.717) is 5.82 Å². The van der Waals surface area contributed by atoms with E-state index < -0.39 is 5.97 Å². The first-order valence-electron chi connectivity index (χ1n) is 6.85. The van der Waals surface area contributed by atoms with Gasteiger partial charge in [0, 0.05) is 13.8 Å². The zero-order valence-corrected chi connectivity index (χ0v) is 12.0. The highest BCUT2D eigenvalue weighted by atomic mass is 16.4. The number of carbonyl (C=O) groups excluding carboxylic acids is 1. The second kappa shape index (κ2) is 6.57. The van der Waals surface area contributed by atoms with Crippen molar-refractivity contribution in [3.63, 3.8) is 0 Å². The van der Waals surface area contributed by atoms with E-state index in [2.05, 4.69) is 13.8 Å². The fourth-order valence-electron chi connectivity index (χ4n) is 2.25. The Labute approximate surface area is 109 Å². The van der Waals surface area contributed by atoms with Gasteiger partial charge < -0.3 is 9.90 Å². The average Bonchev–Trinajstić information content (AvgIpc) is 2.57. The molecule has 0 bridgehead atoms. The van der Waals surface area contributed by atoms with Gasteiger partial charge in [-0.15, -0.1) is 0 Å². The average molecular weight is 252 g/mol. The molecule has 0 saturated carbocycles. The molecule has 0 atom stereocenters. The predicted octanol–water partition coefficient (Wildman–Crippen LogP) is 1.36. The van der Waals surface area contributed by atoms with Crippen LogP contribution in [0.1, 0.15) is 61.5 Å². The van der Waals surface area contributed by atoms with Crippen LogP contribution in [-0.4, -0.2) is 10.5 Å². The van der Waals surface area contributed by atoms with E-state index in [0.717, 1.165) is 50.2 Å². The molecule has 4 nitrogen and oxygen atoms in total. The van der Waals surface area contributed by atoms with Gasteiger partial charge in [-0.25, -0.2) is 9.13 Å². The quantitative estimate of drug-likeness (QED) is 0.688. The van der Waals surface area contributed by atoms with Crippen molar-refractivity contribution < 1.29 is 14.5 Å². The van der Waals surface area contributed by atoms with Crippen molar-refractivity contribution in [1.29, 1.82) is 0 Å². The van der Waals surface area contributed by atoms with Crippen molar-refractivity contribution in [1.82, 2.24) is 4.57 Å². The number of imidazole rings is 1. The lowest BCUT2D eigenvalue weighted by atomic mass is 10.3. The van der Waals surface area contributed by atoms with Crippen LogP contribution in [-0.2, 0) is 13.1 Å². The first-order valence-corrected chi connectivity index (χ1v) is 6.85. The highest BCUT2D eigenvalue weighted by Crippen LogP contribution is 2.10. The third kappa shape index (κ3) is 2.92. The van der Waals surface area contributed by atoms with Crippen LogP contribution in [0.15, 0.2) is 0 Å². The number of hydrogen-bond acceptors (Lipinski definition) is 2. The number of hydrogen-bond donors (Lipinski definition) is 0. The van der Waals surface area contributed by atoms with Gasteiger partial charge >= 0.3 is 5.82 Å². The van der Waals surface area contributed by atoms with Crippen LogP contribution in [0.2, 0.25) is 0 Å². The number of carboxylic acids is 1. The maximum absolute atomic E-state index is 11.4. The smallest absolute Gasteiger partial charge is 0.305 e. The molecular weight excluding hydrogens is 228 g/mol. The summed E-state index contributed by atoms with van der Waals surface area (Å²) in [5.41, 5.74) is 2.08.